The average molecular weight is 644 g/mol. The molecule has 0 aromatic heterocycles. The van der Waals surface area contributed by atoms with Crippen LogP contribution in [0.1, 0.15) is 18.1 Å². The summed E-state index contributed by atoms with van der Waals surface area (Å²) in [6.07, 6.45) is -0.175. The van der Waals surface area contributed by atoms with E-state index in [1.54, 1.807) is 42.5 Å². The molecule has 2 N–H and O–H groups in total. The predicted octanol–water partition coefficient (Wildman–Crippen LogP) is 4.65. The zero-order valence-corrected chi connectivity index (χ0v) is 26.6. The minimum atomic E-state index is -2.58. The number of ether oxygens (including phenoxy) is 7. The van der Waals surface area contributed by atoms with Crippen LogP contribution in [0.25, 0.3) is 0 Å². The molecule has 0 amide bonds. The number of rotatable bonds is 14. The molecule has 1 aliphatic rings. The zero-order chi connectivity index (χ0) is 33.4. The van der Waals surface area contributed by atoms with Crippen molar-refractivity contribution >= 4 is 11.9 Å². The highest BCUT2D eigenvalue weighted by Crippen LogP contribution is 2.42. The molecule has 4 aromatic carbocycles. The summed E-state index contributed by atoms with van der Waals surface area (Å²) in [5, 5.41) is 13.7. The van der Waals surface area contributed by atoms with Gasteiger partial charge in [-0.3, -0.25) is 0 Å². The van der Waals surface area contributed by atoms with Gasteiger partial charge < -0.3 is 43.6 Å². The summed E-state index contributed by atoms with van der Waals surface area (Å²) in [7, 11) is 3.03. The minimum Gasteiger partial charge on any atom is -0.497 e. The second-order valence-electron chi connectivity index (χ2n) is 11.0. The fourth-order valence-electron chi connectivity index (χ4n) is 4.71. The van der Waals surface area contributed by atoms with Crippen LogP contribution >= 0.6 is 0 Å². The minimum absolute atomic E-state index is 0.0470. The molecule has 0 saturated heterocycles. The summed E-state index contributed by atoms with van der Waals surface area (Å²) >= 11 is 0. The summed E-state index contributed by atoms with van der Waals surface area (Å²) in [6, 6.07) is 25.2. The van der Waals surface area contributed by atoms with Gasteiger partial charge >= 0.3 is 17.7 Å². The van der Waals surface area contributed by atoms with Crippen LogP contribution < -0.4 is 38.5 Å². The van der Waals surface area contributed by atoms with Crippen molar-refractivity contribution in [1.29, 1.82) is 0 Å². The molecule has 0 fully saturated rings. The van der Waals surface area contributed by atoms with Gasteiger partial charge in [-0.1, -0.05) is 23.8 Å². The van der Waals surface area contributed by atoms with Crippen LogP contribution in [0.15, 0.2) is 91.0 Å². The first kappa shape index (κ1) is 33.1. The number of methoxy groups -OCH3 is 2. The molecular weight excluding hydrogens is 606 g/mol. The van der Waals surface area contributed by atoms with E-state index in [0.717, 1.165) is 11.1 Å². The number of hydrogen-bond donors (Lipinski definition) is 2. The Morgan fingerprint density at radius 1 is 0.745 bits per heavy atom. The van der Waals surface area contributed by atoms with E-state index in [4.69, 9.17) is 33.2 Å². The molecule has 2 atom stereocenters. The lowest BCUT2D eigenvalue weighted by Crippen LogP contribution is -2.58. The van der Waals surface area contributed by atoms with Gasteiger partial charge in [0.05, 0.1) is 14.2 Å². The van der Waals surface area contributed by atoms with Crippen molar-refractivity contribution in [3.63, 3.8) is 0 Å². The zero-order valence-electron chi connectivity index (χ0n) is 26.6. The van der Waals surface area contributed by atoms with Gasteiger partial charge in [-0.25, -0.2) is 9.59 Å². The van der Waals surface area contributed by atoms with Crippen molar-refractivity contribution in [1.82, 2.24) is 5.32 Å². The molecular formula is C36H37NO10. The third kappa shape index (κ3) is 8.32. The van der Waals surface area contributed by atoms with Gasteiger partial charge in [-0.2, -0.15) is 0 Å². The normalized spacial score (nSPS) is 14.1. The van der Waals surface area contributed by atoms with Gasteiger partial charge in [0.25, 0.3) is 0 Å². The molecule has 0 saturated carbocycles. The van der Waals surface area contributed by atoms with Crippen molar-refractivity contribution in [2.24, 2.45) is 0 Å². The Morgan fingerprint density at radius 2 is 1.26 bits per heavy atom. The van der Waals surface area contributed by atoms with Gasteiger partial charge in [0, 0.05) is 12.6 Å². The molecule has 0 radical (unpaired) electrons. The summed E-state index contributed by atoms with van der Waals surface area (Å²) in [6.45, 7) is 4.43. The maximum Gasteiger partial charge on any atom is 0.454 e. The third-order valence-corrected chi connectivity index (χ3v) is 7.30. The lowest BCUT2D eigenvalue weighted by Gasteiger charge is -2.23. The van der Waals surface area contributed by atoms with Crippen LogP contribution in [0.3, 0.4) is 0 Å². The van der Waals surface area contributed by atoms with Crippen molar-refractivity contribution in [2.45, 2.75) is 38.2 Å². The largest absolute Gasteiger partial charge is 0.497 e. The van der Waals surface area contributed by atoms with E-state index in [1.807, 2.05) is 38.1 Å². The monoisotopic (exact) mass is 643 g/mol. The third-order valence-electron chi connectivity index (χ3n) is 7.30. The first-order valence-corrected chi connectivity index (χ1v) is 15.0. The molecule has 246 valence electrons. The van der Waals surface area contributed by atoms with E-state index in [2.05, 4.69) is 5.32 Å². The maximum atomic E-state index is 13.6. The Morgan fingerprint density at radius 3 is 1.81 bits per heavy atom. The molecule has 11 nitrogen and oxygen atoms in total. The Kier molecular flexibility index (Phi) is 10.5. The lowest BCUT2D eigenvalue weighted by molar-refractivity contribution is -0.190. The van der Waals surface area contributed by atoms with Crippen molar-refractivity contribution in [3.05, 3.63) is 102 Å². The first-order chi connectivity index (χ1) is 22.7. The number of carbonyl (C=O) groups is 2. The molecule has 0 spiro atoms. The summed E-state index contributed by atoms with van der Waals surface area (Å²) in [5.41, 5.74) is 1.96. The van der Waals surface area contributed by atoms with Gasteiger partial charge in [-0.05, 0) is 98.6 Å². The number of aryl methyl sites for hydroxylation is 1. The van der Waals surface area contributed by atoms with Crippen LogP contribution in [0, 0.1) is 6.92 Å². The van der Waals surface area contributed by atoms with Gasteiger partial charge in [0.15, 0.2) is 11.5 Å². The number of nitrogens with one attached hydrogen (secondary N) is 1. The van der Waals surface area contributed by atoms with E-state index in [-0.39, 0.29) is 35.6 Å². The molecule has 1 heterocycles. The topological polar surface area (TPSA) is 131 Å². The lowest BCUT2D eigenvalue weighted by atomic mass is 10.1. The number of aliphatic hydroxyl groups is 1. The van der Waals surface area contributed by atoms with Gasteiger partial charge in [0.2, 0.25) is 0 Å². The highest BCUT2D eigenvalue weighted by Gasteiger charge is 2.60. The number of fused-ring (bicyclic) bond motifs is 1. The van der Waals surface area contributed by atoms with Crippen LogP contribution in [-0.2, 0) is 16.0 Å². The molecule has 4 aromatic rings. The Balaban J connectivity index is 1.25. The van der Waals surface area contributed by atoms with Crippen LogP contribution in [-0.4, -0.2) is 62.3 Å². The average Bonchev–Trinajstić information content (AvgIpc) is 3.48. The van der Waals surface area contributed by atoms with Crippen LogP contribution in [0.2, 0.25) is 0 Å². The molecule has 2 unspecified atom stereocenters. The quantitative estimate of drug-likeness (QED) is 0.113. The van der Waals surface area contributed by atoms with E-state index >= 15 is 0 Å². The highest BCUT2D eigenvalue weighted by atomic mass is 16.8. The second kappa shape index (κ2) is 14.9. The van der Waals surface area contributed by atoms with Crippen molar-refractivity contribution in [2.75, 3.05) is 27.4 Å². The van der Waals surface area contributed by atoms with E-state index < -0.39 is 23.8 Å². The fraction of sp³-hybridized carbons (Fsp3) is 0.278. The summed E-state index contributed by atoms with van der Waals surface area (Å²) in [4.78, 5) is 27.2. The van der Waals surface area contributed by atoms with Gasteiger partial charge in [-0.15, -0.1) is 0 Å². The Hall–Kier alpha value is -5.26. The Bertz CT molecular complexity index is 1590. The number of carbonyl (C=O) groups excluding carboxylic acids is 2. The van der Waals surface area contributed by atoms with Crippen molar-refractivity contribution in [3.8, 4) is 40.2 Å². The SMILES string of the molecule is COc1ccc(OC(=O)C2(C(=O)Oc3ccc(OC)cc3)Oc3ccc(CC(C)NCC(O)COc4ccc(C)cc4)cc3O2)cc1. The van der Waals surface area contributed by atoms with E-state index in [9.17, 15) is 14.7 Å². The molecule has 11 heteroatoms. The molecule has 0 bridgehead atoms. The number of aliphatic hydroxyl groups excluding tert-OH is 1. The highest BCUT2D eigenvalue weighted by molar-refractivity contribution is 6.05. The number of hydrogen-bond acceptors (Lipinski definition) is 11. The summed E-state index contributed by atoms with van der Waals surface area (Å²) in [5.74, 6) is -2.42. The number of esters is 2. The van der Waals surface area contributed by atoms with Crippen LogP contribution in [0.4, 0.5) is 0 Å². The van der Waals surface area contributed by atoms with Crippen LogP contribution in [0.5, 0.6) is 40.2 Å². The smallest absolute Gasteiger partial charge is 0.454 e. The molecule has 0 aliphatic carbocycles. The first-order valence-electron chi connectivity index (χ1n) is 15.0. The van der Waals surface area contributed by atoms with E-state index in [0.29, 0.717) is 30.2 Å². The van der Waals surface area contributed by atoms with Crippen molar-refractivity contribution < 1.29 is 47.9 Å². The Labute approximate surface area is 272 Å². The molecule has 5 rings (SSSR count). The van der Waals surface area contributed by atoms with Gasteiger partial charge in [0.1, 0.15) is 41.5 Å². The molecule has 47 heavy (non-hydrogen) atoms. The number of benzene rings is 4. The van der Waals surface area contributed by atoms with E-state index in [1.165, 1.54) is 38.5 Å². The second-order valence-corrected chi connectivity index (χ2v) is 11.0. The maximum absolute atomic E-state index is 13.6. The summed E-state index contributed by atoms with van der Waals surface area (Å²) < 4.78 is 38.9. The molecule has 1 aliphatic heterocycles. The predicted molar refractivity (Wildman–Crippen MR) is 172 cm³/mol. The standard InChI is InChI=1S/C36H37NO10/c1-23-5-8-29(9-6-23)43-22-26(38)21-37-24(2)19-25-7-18-32-33(20-25)47-36(46-32,34(39)44-30-14-10-27(41-3)11-15-30)35(40)45-31-16-12-28(42-4)13-17-31/h5-18,20,24,26,37-38H,19,21-22H2,1-4H3. The fourth-order valence-corrected chi connectivity index (χ4v) is 4.71.